The van der Waals surface area contributed by atoms with Crippen molar-refractivity contribution in [2.45, 2.75) is 45.1 Å². The van der Waals surface area contributed by atoms with Crippen molar-refractivity contribution in [3.05, 3.63) is 0 Å². The number of hydrogen-bond donors (Lipinski definition) is 0. The molecule has 0 aromatic heterocycles. The molecule has 2 nitrogen and oxygen atoms in total. The molecule has 2 aliphatic carbocycles. The Balaban J connectivity index is 1.95. The summed E-state index contributed by atoms with van der Waals surface area (Å²) in [5.41, 5.74) is 0. The van der Waals surface area contributed by atoms with Gasteiger partial charge in [-0.25, -0.2) is 0 Å². The quantitative estimate of drug-likeness (QED) is 0.722. The second-order valence-electron chi connectivity index (χ2n) is 4.98. The highest BCUT2D eigenvalue weighted by atomic mass is 79.9. The molecule has 2 fully saturated rings. The molecule has 0 heterocycles. The van der Waals surface area contributed by atoms with Gasteiger partial charge in [0, 0.05) is 23.8 Å². The summed E-state index contributed by atoms with van der Waals surface area (Å²) >= 11 is 3.46. The van der Waals surface area contributed by atoms with Crippen LogP contribution in [0.25, 0.3) is 0 Å². The maximum atomic E-state index is 12.2. The molecule has 0 bridgehead atoms. The van der Waals surface area contributed by atoms with E-state index in [1.807, 2.05) is 0 Å². The minimum absolute atomic E-state index is 0.352. The van der Waals surface area contributed by atoms with E-state index in [-0.39, 0.29) is 0 Å². The van der Waals surface area contributed by atoms with E-state index in [2.05, 4.69) is 27.8 Å². The van der Waals surface area contributed by atoms with Gasteiger partial charge in [0.1, 0.15) is 0 Å². The Bertz CT molecular complexity index is 238. The summed E-state index contributed by atoms with van der Waals surface area (Å²) in [7, 11) is 0. The Morgan fingerprint density at radius 2 is 2.00 bits per heavy atom. The molecule has 0 aliphatic heterocycles. The zero-order valence-electron chi connectivity index (χ0n) is 9.42. The lowest BCUT2D eigenvalue weighted by atomic mass is 10.2. The lowest BCUT2D eigenvalue weighted by molar-refractivity contribution is -0.134. The molecule has 0 N–H and O–H groups in total. The molecule has 1 amide bonds. The normalized spacial score (nSPS) is 30.5. The summed E-state index contributed by atoms with van der Waals surface area (Å²) < 4.78 is 0. The molecular formula is C12H20BrNO. The molecule has 0 spiro atoms. The van der Waals surface area contributed by atoms with Crippen LogP contribution in [0.5, 0.6) is 0 Å². The minimum atomic E-state index is 0.352. The maximum Gasteiger partial charge on any atom is 0.226 e. The SMILES string of the molecule is CC1CC1C(=O)N(CCBr)C1CCCC1. The molecule has 2 aliphatic rings. The van der Waals surface area contributed by atoms with Crippen LogP contribution < -0.4 is 0 Å². The Kier molecular flexibility index (Phi) is 3.70. The van der Waals surface area contributed by atoms with Crippen molar-refractivity contribution in [1.29, 1.82) is 0 Å². The molecule has 0 radical (unpaired) electrons. The highest BCUT2D eigenvalue weighted by Gasteiger charge is 2.43. The van der Waals surface area contributed by atoms with E-state index < -0.39 is 0 Å². The van der Waals surface area contributed by atoms with Crippen LogP contribution in [-0.2, 0) is 4.79 Å². The highest BCUT2D eigenvalue weighted by molar-refractivity contribution is 9.09. The number of halogens is 1. The standard InChI is InChI=1S/C12H20BrNO/c1-9-8-11(9)12(15)14(7-6-13)10-4-2-3-5-10/h9-11H,2-8H2,1H3. The van der Waals surface area contributed by atoms with Gasteiger partial charge in [-0.1, -0.05) is 35.7 Å². The van der Waals surface area contributed by atoms with Crippen molar-refractivity contribution < 1.29 is 4.79 Å². The third-order valence-corrected chi connectivity index (χ3v) is 4.16. The number of nitrogens with zero attached hydrogens (tertiary/aromatic N) is 1. The van der Waals surface area contributed by atoms with Gasteiger partial charge in [0.15, 0.2) is 0 Å². The number of amides is 1. The molecular weight excluding hydrogens is 254 g/mol. The Morgan fingerprint density at radius 1 is 1.40 bits per heavy atom. The first-order chi connectivity index (χ1) is 7.24. The fraction of sp³-hybridized carbons (Fsp3) is 0.917. The highest BCUT2D eigenvalue weighted by Crippen LogP contribution is 2.40. The van der Waals surface area contributed by atoms with Crippen molar-refractivity contribution in [2.24, 2.45) is 11.8 Å². The third-order valence-electron chi connectivity index (χ3n) is 3.80. The summed E-state index contributed by atoms with van der Waals surface area (Å²) in [6.07, 6.45) is 6.16. The maximum absolute atomic E-state index is 12.2. The van der Waals surface area contributed by atoms with Gasteiger partial charge in [-0.2, -0.15) is 0 Å². The predicted octanol–water partition coefficient (Wildman–Crippen LogP) is 2.81. The van der Waals surface area contributed by atoms with Crippen LogP contribution in [0.4, 0.5) is 0 Å². The fourth-order valence-corrected chi connectivity index (χ4v) is 3.04. The number of alkyl halides is 1. The van der Waals surface area contributed by atoms with Gasteiger partial charge >= 0.3 is 0 Å². The van der Waals surface area contributed by atoms with Gasteiger partial charge in [-0.05, 0) is 25.2 Å². The van der Waals surface area contributed by atoms with Gasteiger partial charge in [0.25, 0.3) is 0 Å². The van der Waals surface area contributed by atoms with Crippen molar-refractivity contribution in [1.82, 2.24) is 4.90 Å². The first-order valence-corrected chi connectivity index (χ1v) is 7.22. The first-order valence-electron chi connectivity index (χ1n) is 6.10. The van der Waals surface area contributed by atoms with E-state index >= 15 is 0 Å². The number of carbonyl (C=O) groups excluding carboxylic acids is 1. The van der Waals surface area contributed by atoms with E-state index in [9.17, 15) is 4.79 Å². The van der Waals surface area contributed by atoms with Crippen molar-refractivity contribution in [3.8, 4) is 0 Å². The smallest absolute Gasteiger partial charge is 0.226 e. The third kappa shape index (κ3) is 2.55. The first kappa shape index (κ1) is 11.4. The minimum Gasteiger partial charge on any atom is -0.339 e. The average molecular weight is 274 g/mol. The largest absolute Gasteiger partial charge is 0.339 e. The summed E-state index contributed by atoms with van der Waals surface area (Å²) in [5.74, 6) is 1.41. The van der Waals surface area contributed by atoms with Gasteiger partial charge < -0.3 is 4.90 Å². The predicted molar refractivity (Wildman–Crippen MR) is 65.0 cm³/mol. The molecule has 2 saturated carbocycles. The molecule has 86 valence electrons. The number of carbonyl (C=O) groups is 1. The summed E-state index contributed by atoms with van der Waals surface area (Å²) in [5, 5.41) is 0.913. The zero-order valence-corrected chi connectivity index (χ0v) is 11.0. The number of rotatable bonds is 4. The van der Waals surface area contributed by atoms with E-state index in [0.717, 1.165) is 18.3 Å². The lowest BCUT2D eigenvalue weighted by Gasteiger charge is -2.28. The van der Waals surface area contributed by atoms with Gasteiger partial charge in [-0.15, -0.1) is 0 Å². The van der Waals surface area contributed by atoms with Crippen LogP contribution in [0, 0.1) is 11.8 Å². The summed E-state index contributed by atoms with van der Waals surface area (Å²) in [4.78, 5) is 14.3. The van der Waals surface area contributed by atoms with Gasteiger partial charge in [0.2, 0.25) is 5.91 Å². The topological polar surface area (TPSA) is 20.3 Å². The van der Waals surface area contributed by atoms with Crippen molar-refractivity contribution in [2.75, 3.05) is 11.9 Å². The van der Waals surface area contributed by atoms with Crippen LogP contribution in [0.3, 0.4) is 0 Å². The van der Waals surface area contributed by atoms with Crippen LogP contribution >= 0.6 is 15.9 Å². The van der Waals surface area contributed by atoms with E-state index in [0.29, 0.717) is 23.8 Å². The monoisotopic (exact) mass is 273 g/mol. The molecule has 3 heteroatoms. The Morgan fingerprint density at radius 3 is 2.47 bits per heavy atom. The van der Waals surface area contributed by atoms with E-state index in [1.165, 1.54) is 25.7 Å². The molecule has 0 saturated heterocycles. The molecule has 2 unspecified atom stereocenters. The molecule has 2 atom stereocenters. The molecule has 2 rings (SSSR count). The Hall–Kier alpha value is -0.0500. The summed E-state index contributed by atoms with van der Waals surface area (Å²) in [6, 6.07) is 0.544. The van der Waals surface area contributed by atoms with Crippen molar-refractivity contribution in [3.63, 3.8) is 0 Å². The van der Waals surface area contributed by atoms with Crippen LogP contribution in [0.1, 0.15) is 39.0 Å². The number of hydrogen-bond acceptors (Lipinski definition) is 1. The van der Waals surface area contributed by atoms with Crippen molar-refractivity contribution >= 4 is 21.8 Å². The zero-order chi connectivity index (χ0) is 10.8. The molecule has 0 aromatic rings. The summed E-state index contributed by atoms with van der Waals surface area (Å²) in [6.45, 7) is 3.08. The van der Waals surface area contributed by atoms with Crippen LogP contribution in [0.2, 0.25) is 0 Å². The van der Waals surface area contributed by atoms with Crippen LogP contribution in [0.15, 0.2) is 0 Å². The molecule has 15 heavy (non-hydrogen) atoms. The molecule has 0 aromatic carbocycles. The van der Waals surface area contributed by atoms with Gasteiger partial charge in [-0.3, -0.25) is 4.79 Å². The average Bonchev–Trinajstić information content (AvgIpc) is 2.76. The van der Waals surface area contributed by atoms with Crippen LogP contribution in [-0.4, -0.2) is 28.7 Å². The second-order valence-corrected chi connectivity index (χ2v) is 5.77. The van der Waals surface area contributed by atoms with Gasteiger partial charge in [0.05, 0.1) is 0 Å². The lowest BCUT2D eigenvalue weighted by Crippen LogP contribution is -2.41. The Labute approximate surface area is 101 Å². The van der Waals surface area contributed by atoms with E-state index in [4.69, 9.17) is 0 Å². The second kappa shape index (κ2) is 4.86. The fourth-order valence-electron chi connectivity index (χ4n) is 2.66. The van der Waals surface area contributed by atoms with E-state index in [1.54, 1.807) is 0 Å².